The van der Waals surface area contributed by atoms with Crippen LogP contribution in [-0.4, -0.2) is 16.2 Å². The number of benzene rings is 3. The molecule has 0 fully saturated rings. The predicted molar refractivity (Wildman–Crippen MR) is 142 cm³/mol. The van der Waals surface area contributed by atoms with Crippen LogP contribution in [0.25, 0.3) is 17.0 Å². The number of halogens is 5. The maximum atomic E-state index is 14.4. The van der Waals surface area contributed by atoms with Crippen LogP contribution >= 0.6 is 23.2 Å². The third kappa shape index (κ3) is 4.43. The van der Waals surface area contributed by atoms with Gasteiger partial charge in [-0.05, 0) is 56.7 Å². The molecule has 0 saturated carbocycles. The molecular formula is C28H20Cl2F3N3O. The molecule has 1 aromatic heterocycles. The summed E-state index contributed by atoms with van der Waals surface area (Å²) in [4.78, 5) is 13.3. The zero-order chi connectivity index (χ0) is 26.6. The van der Waals surface area contributed by atoms with E-state index in [2.05, 4.69) is 9.67 Å². The molecule has 188 valence electrons. The van der Waals surface area contributed by atoms with Gasteiger partial charge in [-0.2, -0.15) is 10.1 Å². The van der Waals surface area contributed by atoms with Gasteiger partial charge < -0.3 is 4.57 Å². The van der Waals surface area contributed by atoms with Crippen LogP contribution in [0.1, 0.15) is 29.3 Å². The standard InChI is InChI=1S/C28H20Cl2F3N3O/c1-14-4-7-26-21(8-14)20(16(3)35(26)13-17-5-6-18(29)9-22(17)30)10-19-15(2)34-36(28(19)37)27-12-24(32)23(31)11-25(27)33/h4-12H,13H2,1-3H3/b19-10+. The SMILES string of the molecule is CC1=NN(c2cc(F)c(F)cc2F)C(=O)/C1=C/c1c(C)n(Cc2ccc(Cl)cc2Cl)c2ccc(C)cc12. The third-order valence-electron chi connectivity index (χ3n) is 6.44. The Morgan fingerprint density at radius 1 is 0.919 bits per heavy atom. The second kappa shape index (κ2) is 9.39. The van der Waals surface area contributed by atoms with Crippen molar-refractivity contribution in [2.24, 2.45) is 5.10 Å². The van der Waals surface area contributed by atoms with Gasteiger partial charge in [-0.25, -0.2) is 13.2 Å². The summed E-state index contributed by atoms with van der Waals surface area (Å²) < 4.78 is 43.7. The van der Waals surface area contributed by atoms with Crippen molar-refractivity contribution in [2.45, 2.75) is 27.3 Å². The molecule has 0 bridgehead atoms. The lowest BCUT2D eigenvalue weighted by molar-refractivity contribution is -0.114. The van der Waals surface area contributed by atoms with Gasteiger partial charge in [0.1, 0.15) is 5.69 Å². The van der Waals surface area contributed by atoms with Gasteiger partial charge in [0.25, 0.3) is 5.91 Å². The Morgan fingerprint density at radius 2 is 1.65 bits per heavy atom. The van der Waals surface area contributed by atoms with E-state index in [0.717, 1.165) is 38.3 Å². The van der Waals surface area contributed by atoms with Gasteiger partial charge in [0.05, 0.1) is 11.3 Å². The number of carbonyl (C=O) groups is 1. The average molecular weight is 542 g/mol. The second-order valence-electron chi connectivity index (χ2n) is 8.92. The molecule has 0 radical (unpaired) electrons. The zero-order valence-electron chi connectivity index (χ0n) is 20.0. The molecule has 1 amide bonds. The van der Waals surface area contributed by atoms with E-state index < -0.39 is 29.0 Å². The number of fused-ring (bicyclic) bond motifs is 1. The van der Waals surface area contributed by atoms with Crippen molar-refractivity contribution in [2.75, 3.05) is 5.01 Å². The number of hydrogen-bond acceptors (Lipinski definition) is 2. The fourth-order valence-corrected chi connectivity index (χ4v) is 4.96. The van der Waals surface area contributed by atoms with E-state index in [9.17, 15) is 18.0 Å². The quantitative estimate of drug-likeness (QED) is 0.191. The van der Waals surface area contributed by atoms with Crippen LogP contribution < -0.4 is 5.01 Å². The minimum Gasteiger partial charge on any atom is -0.340 e. The number of carbonyl (C=O) groups excluding carboxylic acids is 1. The number of hydrazone groups is 1. The van der Waals surface area contributed by atoms with Gasteiger partial charge in [0, 0.05) is 50.9 Å². The second-order valence-corrected chi connectivity index (χ2v) is 9.76. The fraction of sp³-hybridized carbons (Fsp3) is 0.143. The molecular weight excluding hydrogens is 522 g/mol. The molecule has 0 spiro atoms. The van der Waals surface area contributed by atoms with Gasteiger partial charge in [-0.3, -0.25) is 4.79 Å². The van der Waals surface area contributed by atoms with Crippen LogP contribution in [0, 0.1) is 31.3 Å². The molecule has 4 nitrogen and oxygen atoms in total. The van der Waals surface area contributed by atoms with Gasteiger partial charge in [0.15, 0.2) is 17.5 Å². The van der Waals surface area contributed by atoms with Gasteiger partial charge in [-0.1, -0.05) is 40.9 Å². The Hall–Kier alpha value is -3.55. The lowest BCUT2D eigenvalue weighted by atomic mass is 10.0. The number of amides is 1. The summed E-state index contributed by atoms with van der Waals surface area (Å²) in [7, 11) is 0. The summed E-state index contributed by atoms with van der Waals surface area (Å²) >= 11 is 12.5. The highest BCUT2D eigenvalue weighted by molar-refractivity contribution is 6.35. The Balaban J connectivity index is 1.62. The Bertz CT molecular complexity index is 1670. The Morgan fingerprint density at radius 3 is 2.38 bits per heavy atom. The molecule has 0 unspecified atom stereocenters. The number of nitrogens with zero attached hydrogens (tertiary/aromatic N) is 3. The summed E-state index contributed by atoms with van der Waals surface area (Å²) in [6, 6.07) is 12.4. The van der Waals surface area contributed by atoms with Crippen molar-refractivity contribution < 1.29 is 18.0 Å². The van der Waals surface area contributed by atoms with Gasteiger partial charge in [0.2, 0.25) is 0 Å². The van der Waals surface area contributed by atoms with Gasteiger partial charge >= 0.3 is 0 Å². The van der Waals surface area contributed by atoms with Crippen LogP contribution in [0.5, 0.6) is 0 Å². The highest BCUT2D eigenvalue weighted by Gasteiger charge is 2.32. The molecule has 0 N–H and O–H groups in total. The number of rotatable bonds is 4. The van der Waals surface area contributed by atoms with Crippen LogP contribution in [0.4, 0.5) is 18.9 Å². The first kappa shape index (κ1) is 25.1. The molecule has 0 atom stereocenters. The van der Waals surface area contributed by atoms with E-state index >= 15 is 0 Å². The van der Waals surface area contributed by atoms with Crippen molar-refractivity contribution in [3.63, 3.8) is 0 Å². The van der Waals surface area contributed by atoms with Crippen molar-refractivity contribution in [1.82, 2.24) is 4.57 Å². The van der Waals surface area contributed by atoms with Crippen LogP contribution in [-0.2, 0) is 11.3 Å². The lowest BCUT2D eigenvalue weighted by Gasteiger charge is -2.13. The minimum absolute atomic E-state index is 0.220. The maximum absolute atomic E-state index is 14.4. The first-order valence-electron chi connectivity index (χ1n) is 11.3. The number of anilines is 1. The molecule has 37 heavy (non-hydrogen) atoms. The van der Waals surface area contributed by atoms with E-state index in [1.54, 1.807) is 25.1 Å². The van der Waals surface area contributed by atoms with E-state index in [-0.39, 0.29) is 5.57 Å². The van der Waals surface area contributed by atoms with Crippen molar-refractivity contribution in [3.8, 4) is 0 Å². The first-order valence-corrected chi connectivity index (χ1v) is 12.1. The number of aromatic nitrogens is 1. The molecule has 4 aromatic rings. The van der Waals surface area contributed by atoms with Crippen LogP contribution in [0.15, 0.2) is 59.2 Å². The predicted octanol–water partition coefficient (Wildman–Crippen LogP) is 7.84. The molecule has 2 heterocycles. The summed E-state index contributed by atoms with van der Waals surface area (Å²) in [5.74, 6) is -4.35. The number of aryl methyl sites for hydroxylation is 1. The van der Waals surface area contributed by atoms with Crippen LogP contribution in [0.2, 0.25) is 10.0 Å². The highest BCUT2D eigenvalue weighted by Crippen LogP contribution is 2.34. The average Bonchev–Trinajstić information content (AvgIpc) is 3.25. The summed E-state index contributed by atoms with van der Waals surface area (Å²) in [6.45, 7) is 5.98. The molecule has 1 aliphatic heterocycles. The van der Waals surface area contributed by atoms with E-state index in [1.165, 1.54) is 0 Å². The lowest BCUT2D eigenvalue weighted by Crippen LogP contribution is -2.22. The van der Waals surface area contributed by atoms with Crippen molar-refractivity contribution >= 4 is 57.5 Å². The van der Waals surface area contributed by atoms with Crippen LogP contribution in [0.3, 0.4) is 0 Å². The molecule has 5 rings (SSSR count). The maximum Gasteiger partial charge on any atom is 0.280 e. The fourth-order valence-electron chi connectivity index (χ4n) is 4.49. The molecule has 3 aromatic carbocycles. The van der Waals surface area contributed by atoms with E-state index in [0.29, 0.717) is 34.4 Å². The van der Waals surface area contributed by atoms with Crippen molar-refractivity contribution in [3.05, 3.63) is 104 Å². The normalized spacial score (nSPS) is 14.8. The minimum atomic E-state index is -1.34. The molecule has 0 saturated heterocycles. The van der Waals surface area contributed by atoms with E-state index in [1.807, 2.05) is 38.1 Å². The first-order chi connectivity index (χ1) is 17.5. The summed E-state index contributed by atoms with van der Waals surface area (Å²) in [5.41, 5.74) is 4.58. The Labute approximate surface area is 221 Å². The third-order valence-corrected chi connectivity index (χ3v) is 7.03. The van der Waals surface area contributed by atoms with Crippen molar-refractivity contribution in [1.29, 1.82) is 0 Å². The topological polar surface area (TPSA) is 37.6 Å². The zero-order valence-corrected chi connectivity index (χ0v) is 21.6. The Kier molecular flexibility index (Phi) is 6.38. The summed E-state index contributed by atoms with van der Waals surface area (Å²) in [5, 5.41) is 6.89. The summed E-state index contributed by atoms with van der Waals surface area (Å²) in [6.07, 6.45) is 1.70. The molecule has 1 aliphatic rings. The highest BCUT2D eigenvalue weighted by atomic mass is 35.5. The molecule has 9 heteroatoms. The number of hydrogen-bond donors (Lipinski definition) is 0. The smallest absolute Gasteiger partial charge is 0.280 e. The van der Waals surface area contributed by atoms with E-state index in [4.69, 9.17) is 23.2 Å². The van der Waals surface area contributed by atoms with Gasteiger partial charge in [-0.15, -0.1) is 0 Å². The molecule has 0 aliphatic carbocycles. The largest absolute Gasteiger partial charge is 0.340 e. The monoisotopic (exact) mass is 541 g/mol.